The van der Waals surface area contributed by atoms with Crippen LogP contribution in [0.1, 0.15) is 43.2 Å². The first-order chi connectivity index (χ1) is 24.3. The van der Waals surface area contributed by atoms with E-state index >= 15 is 0 Å². The van der Waals surface area contributed by atoms with Crippen molar-refractivity contribution in [2.45, 2.75) is 74.6 Å². The van der Waals surface area contributed by atoms with Gasteiger partial charge >= 0.3 is 6.09 Å². The first-order valence-corrected chi connectivity index (χ1v) is 18.8. The van der Waals surface area contributed by atoms with E-state index in [0.717, 1.165) is 43.2 Å². The van der Waals surface area contributed by atoms with Crippen LogP contribution in [0.25, 0.3) is 0 Å². The van der Waals surface area contributed by atoms with Crippen molar-refractivity contribution in [2.24, 2.45) is 11.8 Å². The van der Waals surface area contributed by atoms with E-state index in [1.54, 1.807) is 6.07 Å². The summed E-state index contributed by atoms with van der Waals surface area (Å²) >= 11 is 0. The van der Waals surface area contributed by atoms with E-state index in [-0.39, 0.29) is 55.9 Å². The van der Waals surface area contributed by atoms with Crippen molar-refractivity contribution in [3.8, 4) is 17.2 Å². The van der Waals surface area contributed by atoms with Crippen LogP contribution in [0, 0.1) is 11.8 Å². The molecule has 7 rings (SSSR count). The highest BCUT2D eigenvalue weighted by Gasteiger charge is 2.44. The molecule has 0 aromatic heterocycles. The monoisotopic (exact) mass is 708 g/mol. The van der Waals surface area contributed by atoms with E-state index in [4.69, 9.17) is 28.4 Å². The second-order valence-corrected chi connectivity index (χ2v) is 15.3. The first-order valence-electron chi connectivity index (χ1n) is 17.4. The summed E-state index contributed by atoms with van der Waals surface area (Å²) < 4.78 is 63.5. The van der Waals surface area contributed by atoms with Gasteiger partial charge in [-0.3, -0.25) is 0 Å². The largest absolute Gasteiger partial charge is 0.489 e. The lowest BCUT2D eigenvalue weighted by Crippen LogP contribution is -2.51. The molecule has 0 bridgehead atoms. The zero-order valence-corrected chi connectivity index (χ0v) is 28.7. The Labute approximate surface area is 292 Å². The van der Waals surface area contributed by atoms with Crippen molar-refractivity contribution < 1.29 is 46.7 Å². The summed E-state index contributed by atoms with van der Waals surface area (Å²) in [5, 5.41) is 14.7. The van der Waals surface area contributed by atoms with Gasteiger partial charge in [0.2, 0.25) is 16.8 Å². The molecule has 0 spiro atoms. The molecule has 13 heteroatoms. The van der Waals surface area contributed by atoms with Crippen molar-refractivity contribution in [3.63, 3.8) is 0 Å². The van der Waals surface area contributed by atoms with Gasteiger partial charge in [0.05, 0.1) is 36.2 Å². The molecule has 0 unspecified atom stereocenters. The number of nitrogens with one attached hydrogen (secondary N) is 1. The minimum absolute atomic E-state index is 0.0221. The third-order valence-corrected chi connectivity index (χ3v) is 11.8. The normalized spacial score (nSPS) is 22.7. The molecule has 2 N–H and O–H groups in total. The van der Waals surface area contributed by atoms with Crippen LogP contribution in [0.2, 0.25) is 0 Å². The number of hydrogen-bond acceptors (Lipinski definition) is 10. The smallest absolute Gasteiger partial charge is 0.407 e. The maximum absolute atomic E-state index is 14.2. The summed E-state index contributed by atoms with van der Waals surface area (Å²) in [7, 11) is -4.06. The van der Waals surface area contributed by atoms with Crippen molar-refractivity contribution in [3.05, 3.63) is 83.9 Å². The summed E-state index contributed by atoms with van der Waals surface area (Å²) in [4.78, 5) is 13.4. The summed E-state index contributed by atoms with van der Waals surface area (Å²) in [6, 6.07) is 20.9. The van der Waals surface area contributed by atoms with Crippen LogP contribution < -0.4 is 19.5 Å². The Morgan fingerprint density at radius 1 is 0.940 bits per heavy atom. The number of carbonyl (C=O) groups is 1. The van der Waals surface area contributed by atoms with E-state index in [9.17, 15) is 18.3 Å². The second-order valence-electron chi connectivity index (χ2n) is 13.4. The highest BCUT2D eigenvalue weighted by molar-refractivity contribution is 7.89. The molecule has 5 atom stereocenters. The van der Waals surface area contributed by atoms with Crippen LogP contribution in [-0.4, -0.2) is 81.6 Å². The Morgan fingerprint density at radius 2 is 1.72 bits per heavy atom. The van der Waals surface area contributed by atoms with Gasteiger partial charge in [-0.05, 0) is 67.0 Å². The van der Waals surface area contributed by atoms with Gasteiger partial charge < -0.3 is 38.8 Å². The lowest BCUT2D eigenvalue weighted by atomic mass is 10.0. The molecule has 50 heavy (non-hydrogen) atoms. The minimum atomic E-state index is -4.06. The van der Waals surface area contributed by atoms with Crippen LogP contribution >= 0.6 is 0 Å². The van der Waals surface area contributed by atoms with E-state index in [1.165, 1.54) is 16.4 Å². The van der Waals surface area contributed by atoms with Gasteiger partial charge in [-0.15, -0.1) is 0 Å². The van der Waals surface area contributed by atoms with Crippen LogP contribution in [0.4, 0.5) is 4.79 Å². The molecule has 3 aliphatic heterocycles. The van der Waals surface area contributed by atoms with Crippen LogP contribution in [0.3, 0.4) is 0 Å². The molecule has 4 aliphatic rings. The number of benzene rings is 3. The van der Waals surface area contributed by atoms with Crippen molar-refractivity contribution >= 4 is 16.1 Å². The van der Waals surface area contributed by atoms with Crippen LogP contribution in [-0.2, 0) is 37.3 Å². The number of amides is 1. The maximum atomic E-state index is 14.2. The number of carbonyl (C=O) groups excluding carboxylic acids is 1. The molecular weight excluding hydrogens is 664 g/mol. The van der Waals surface area contributed by atoms with Crippen LogP contribution in [0.5, 0.6) is 17.2 Å². The maximum Gasteiger partial charge on any atom is 0.407 e. The van der Waals surface area contributed by atoms with Gasteiger partial charge in [0.1, 0.15) is 18.5 Å². The number of aliphatic hydroxyl groups is 1. The number of rotatable bonds is 14. The van der Waals surface area contributed by atoms with E-state index in [1.807, 2.05) is 54.6 Å². The summed E-state index contributed by atoms with van der Waals surface area (Å²) in [5.41, 5.74) is 1.86. The fraction of sp³-hybridized carbons (Fsp3) is 0.486. The number of ether oxygens (including phenoxy) is 6. The minimum Gasteiger partial charge on any atom is -0.489 e. The lowest BCUT2D eigenvalue weighted by Gasteiger charge is -2.31. The summed E-state index contributed by atoms with van der Waals surface area (Å²) in [6.45, 7) is 1.22. The first kappa shape index (κ1) is 34.6. The second kappa shape index (κ2) is 15.6. The zero-order valence-electron chi connectivity index (χ0n) is 27.9. The Balaban J connectivity index is 1.09. The van der Waals surface area contributed by atoms with Gasteiger partial charge in [0.15, 0.2) is 17.8 Å². The topological polar surface area (TPSA) is 142 Å². The van der Waals surface area contributed by atoms with Crippen molar-refractivity contribution in [2.75, 3.05) is 33.1 Å². The van der Waals surface area contributed by atoms with E-state index in [2.05, 4.69) is 5.32 Å². The molecule has 3 aromatic carbocycles. The van der Waals surface area contributed by atoms with Crippen molar-refractivity contribution in [1.29, 1.82) is 0 Å². The van der Waals surface area contributed by atoms with Gasteiger partial charge in [-0.1, -0.05) is 55.3 Å². The fourth-order valence-corrected chi connectivity index (χ4v) is 8.69. The number of hydrogen-bond donors (Lipinski definition) is 2. The molecule has 3 aromatic rings. The summed E-state index contributed by atoms with van der Waals surface area (Å²) in [6.07, 6.45) is 1.97. The van der Waals surface area contributed by atoms with Crippen molar-refractivity contribution in [1.82, 2.24) is 9.62 Å². The summed E-state index contributed by atoms with van der Waals surface area (Å²) in [5.74, 6) is 1.62. The van der Waals surface area contributed by atoms with Crippen LogP contribution in [0.15, 0.2) is 77.7 Å². The molecule has 1 amide bonds. The average Bonchev–Trinajstić information content (AvgIpc) is 3.95. The van der Waals surface area contributed by atoms with Gasteiger partial charge in [0.25, 0.3) is 0 Å². The molecule has 3 fully saturated rings. The van der Waals surface area contributed by atoms with Gasteiger partial charge in [0, 0.05) is 19.2 Å². The third-order valence-electron chi connectivity index (χ3n) is 9.95. The number of aliphatic hydroxyl groups excluding tert-OH is 1. The quantitative estimate of drug-likeness (QED) is 0.243. The molecule has 3 heterocycles. The predicted octanol–water partition coefficient (Wildman–Crippen LogP) is 4.64. The number of fused-ring (bicyclic) bond motifs is 2. The molecular formula is C37H44N2O10S. The number of sulfonamides is 1. The highest BCUT2D eigenvalue weighted by atomic mass is 32.2. The average molecular weight is 709 g/mol. The Bertz CT molecular complexity index is 1700. The number of nitrogens with zero attached hydrogens (tertiary/aromatic N) is 1. The SMILES string of the molecule is O=C(N[C@@H](Cc1ccc(OCc2ccccc2)cc1)[C@H](O)CN(CC1CCCC1)S(=O)(=O)c1ccc2c(c1)OCO2)O[C@H]1CO[C@H]2OCC[C@H]21. The van der Waals surface area contributed by atoms with E-state index in [0.29, 0.717) is 30.5 Å². The third kappa shape index (κ3) is 8.18. The molecule has 1 aliphatic carbocycles. The molecule has 268 valence electrons. The zero-order chi connectivity index (χ0) is 34.5. The van der Waals surface area contributed by atoms with E-state index < -0.39 is 34.4 Å². The highest BCUT2D eigenvalue weighted by Crippen LogP contribution is 2.36. The lowest BCUT2D eigenvalue weighted by molar-refractivity contribution is -0.0907. The van der Waals surface area contributed by atoms with Gasteiger partial charge in [-0.2, -0.15) is 4.31 Å². The Kier molecular flexibility index (Phi) is 10.8. The predicted molar refractivity (Wildman–Crippen MR) is 181 cm³/mol. The number of alkyl carbamates (subject to hydrolysis) is 1. The molecule has 12 nitrogen and oxygen atoms in total. The molecule has 0 radical (unpaired) electrons. The Morgan fingerprint density at radius 3 is 2.52 bits per heavy atom. The van der Waals surface area contributed by atoms with Gasteiger partial charge in [-0.25, -0.2) is 13.2 Å². The fourth-order valence-electron chi connectivity index (χ4n) is 7.14. The Hall–Kier alpha value is -3.88. The standard InChI is InChI=1S/C37H44N2O10S/c40-32(21-39(20-26-6-4-5-7-26)50(42,43)29-14-15-33-34(19-29)48-24-47-33)31(38-37(41)49-35-23-46-36-30(35)16-17-44-36)18-25-10-12-28(13-11-25)45-22-27-8-2-1-3-9-27/h1-3,8-15,19,26,30-32,35-36,40H,4-7,16-18,20-24H2,(H,38,41)/t30-,31-,32+,35-,36+/m0/s1. The molecule has 2 saturated heterocycles. The molecule has 1 saturated carbocycles.